The lowest BCUT2D eigenvalue weighted by Gasteiger charge is -2.44. The van der Waals surface area contributed by atoms with Crippen LogP contribution in [0.3, 0.4) is 0 Å². The van der Waals surface area contributed by atoms with Crippen molar-refractivity contribution in [3.05, 3.63) is 117 Å². The number of pyridine rings is 1. The van der Waals surface area contributed by atoms with Crippen LogP contribution in [0.25, 0.3) is 0 Å². The number of carbonyl (C=O) groups is 2. The molecule has 51 heavy (non-hydrogen) atoms. The van der Waals surface area contributed by atoms with E-state index >= 15 is 4.39 Å². The minimum absolute atomic E-state index is 0.0000280. The average Bonchev–Trinajstić information content (AvgIpc) is 3.12. The first-order valence-electron chi connectivity index (χ1n) is 17.6. The van der Waals surface area contributed by atoms with E-state index in [0.29, 0.717) is 17.7 Å². The second-order valence-corrected chi connectivity index (χ2v) is 13.0. The number of methoxy groups -OCH3 is 1. The van der Waals surface area contributed by atoms with Crippen LogP contribution < -0.4 is 19.4 Å². The number of rotatable bonds is 12. The molecule has 268 valence electrons. The van der Waals surface area contributed by atoms with E-state index in [2.05, 4.69) is 14.6 Å². The van der Waals surface area contributed by atoms with Gasteiger partial charge in [-0.2, -0.15) is 8.78 Å². The van der Waals surface area contributed by atoms with Crippen molar-refractivity contribution < 1.29 is 50.8 Å². The van der Waals surface area contributed by atoms with Crippen molar-refractivity contribution in [1.29, 1.82) is 0 Å². The fourth-order valence-corrected chi connectivity index (χ4v) is 6.95. The second-order valence-electron chi connectivity index (χ2n) is 12.2. The molecular weight excluding hydrogens is 710 g/mol. The highest BCUT2D eigenvalue weighted by Gasteiger charge is 2.38. The van der Waals surface area contributed by atoms with Gasteiger partial charge in [-0.25, -0.2) is 19.0 Å². The Morgan fingerprint density at radius 2 is 1.78 bits per heavy atom. The third-order valence-corrected chi connectivity index (χ3v) is 9.69. The van der Waals surface area contributed by atoms with Crippen LogP contribution in [-0.2, 0) is 22.4 Å². The van der Waals surface area contributed by atoms with Crippen LogP contribution in [0.2, 0.25) is 10.0 Å². The molecule has 3 fully saturated rings. The van der Waals surface area contributed by atoms with Gasteiger partial charge in [0.15, 0.2) is 23.9 Å². The molecule has 0 unspecified atom stereocenters. The average molecular weight is 749 g/mol. The number of carbonyl (C=O) groups excluding carboxylic acids is 2. The molecule has 14 heteroatoms. The van der Waals surface area contributed by atoms with Crippen molar-refractivity contribution in [2.45, 2.75) is 44.6 Å². The Balaban J connectivity index is 1.28. The SMILES string of the molecule is [2H]C([2H])([2H])Oc1cc([C@H](Cc2c(Cl)c[nH+]cc2Cl)OC(=O)c2cccc(CN(C(=O)O[C@H]3CN4CCC3CC4)c3ccccc3F)c2)ccc1OC(F)F. The van der Waals surface area contributed by atoms with E-state index < -0.39 is 49.1 Å². The van der Waals surface area contributed by atoms with Gasteiger partial charge in [-0.3, -0.25) is 9.80 Å². The van der Waals surface area contributed by atoms with Gasteiger partial charge in [0, 0.05) is 18.5 Å². The molecule has 1 amide bonds. The van der Waals surface area contributed by atoms with Crippen LogP contribution in [0.5, 0.6) is 11.5 Å². The van der Waals surface area contributed by atoms with Crippen molar-refractivity contribution in [2.24, 2.45) is 5.92 Å². The summed E-state index contributed by atoms with van der Waals surface area (Å²) in [6.07, 6.45) is 2.31. The summed E-state index contributed by atoms with van der Waals surface area (Å²) in [5.41, 5.74) is 0.993. The number of piperidine rings is 3. The predicted octanol–water partition coefficient (Wildman–Crippen LogP) is 7.93. The molecular formula is C37H35Cl2F3N3O6+. The molecule has 1 N–H and O–H groups in total. The summed E-state index contributed by atoms with van der Waals surface area (Å²) in [5, 5.41) is 0.390. The first kappa shape index (κ1) is 32.4. The van der Waals surface area contributed by atoms with Gasteiger partial charge < -0.3 is 18.9 Å². The second kappa shape index (κ2) is 16.2. The number of fused-ring (bicyclic) bond motifs is 3. The number of esters is 1. The molecule has 3 saturated heterocycles. The Labute approximate surface area is 307 Å². The van der Waals surface area contributed by atoms with E-state index in [9.17, 15) is 18.4 Å². The zero-order chi connectivity index (χ0) is 38.6. The van der Waals surface area contributed by atoms with Crippen molar-refractivity contribution in [3.8, 4) is 11.5 Å². The molecule has 4 heterocycles. The van der Waals surface area contributed by atoms with Crippen molar-refractivity contribution in [1.82, 2.24) is 4.90 Å². The Hall–Kier alpha value is -4.52. The standard InChI is InChI=1S/C37H34Cl2F3N3O6/c1-48-33-16-24(9-10-31(33)50-36(41)42)32(17-26-27(38)18-43-19-28(26)39)49-35(46)25-6-4-5-22(15-25)20-45(30-8-3-2-7-29(30)40)37(47)51-34-21-44-13-11-23(34)12-14-44/h2-10,15-16,18-19,23,32,34,36H,11-14,17,20-21H2,1H3/p+1/t32-,34-/m0/s1/i1D3. The number of aromatic nitrogens is 1. The third kappa shape index (κ3) is 8.69. The van der Waals surface area contributed by atoms with Crippen LogP contribution in [0.4, 0.5) is 23.7 Å². The van der Waals surface area contributed by atoms with Gasteiger partial charge in [0.05, 0.1) is 28.9 Å². The highest BCUT2D eigenvalue weighted by atomic mass is 35.5. The lowest BCUT2D eigenvalue weighted by atomic mass is 9.86. The number of H-pyrrole nitrogens is 1. The normalized spacial score (nSPS) is 19.7. The summed E-state index contributed by atoms with van der Waals surface area (Å²) in [7, 11) is -3.04. The van der Waals surface area contributed by atoms with Gasteiger partial charge in [0.1, 0.15) is 28.1 Å². The molecule has 3 aromatic carbocycles. The minimum atomic E-state index is -3.29. The van der Waals surface area contributed by atoms with Crippen LogP contribution >= 0.6 is 23.2 Å². The van der Waals surface area contributed by atoms with Crippen LogP contribution in [0, 0.1) is 11.7 Å². The molecule has 2 atom stereocenters. The number of nitrogens with one attached hydrogen (secondary N) is 1. The summed E-state index contributed by atoms with van der Waals surface area (Å²) in [4.78, 5) is 33.7. The molecule has 3 aliphatic rings. The monoisotopic (exact) mass is 747 g/mol. The third-order valence-electron chi connectivity index (χ3n) is 9.02. The fourth-order valence-electron chi connectivity index (χ4n) is 6.41. The summed E-state index contributed by atoms with van der Waals surface area (Å²) in [6.45, 7) is -0.949. The predicted molar refractivity (Wildman–Crippen MR) is 183 cm³/mol. The maximum atomic E-state index is 15.1. The maximum absolute atomic E-state index is 15.1. The molecule has 1 aromatic heterocycles. The summed E-state index contributed by atoms with van der Waals surface area (Å²) < 4.78 is 85.4. The molecule has 4 aromatic rings. The van der Waals surface area contributed by atoms with E-state index in [-0.39, 0.29) is 51.8 Å². The highest BCUT2D eigenvalue weighted by molar-refractivity contribution is 6.35. The Morgan fingerprint density at radius 1 is 1.02 bits per heavy atom. The smallest absolute Gasteiger partial charge is 0.415 e. The lowest BCUT2D eigenvalue weighted by Crippen LogP contribution is -2.53. The number of nitrogens with zero attached hydrogens (tertiary/aromatic N) is 2. The van der Waals surface area contributed by atoms with Crippen molar-refractivity contribution in [3.63, 3.8) is 0 Å². The molecule has 3 aliphatic heterocycles. The topological polar surface area (TPSA) is 91.7 Å². The van der Waals surface area contributed by atoms with E-state index in [1.165, 1.54) is 53.7 Å². The van der Waals surface area contributed by atoms with Gasteiger partial charge in [-0.05, 0) is 79.4 Å². The number of aromatic amines is 1. The van der Waals surface area contributed by atoms with E-state index in [4.69, 9.17) is 41.5 Å². The molecule has 7 rings (SSSR count). The largest absolute Gasteiger partial charge is 0.493 e. The Morgan fingerprint density at radius 3 is 2.47 bits per heavy atom. The minimum Gasteiger partial charge on any atom is -0.493 e. The molecule has 0 spiro atoms. The number of benzene rings is 3. The zero-order valence-corrected chi connectivity index (χ0v) is 28.5. The molecule has 2 bridgehead atoms. The quantitative estimate of drug-likeness (QED) is 0.136. The number of ether oxygens (including phenoxy) is 4. The summed E-state index contributed by atoms with van der Waals surface area (Å²) in [6, 6.07) is 15.5. The van der Waals surface area contributed by atoms with Gasteiger partial charge in [-0.15, -0.1) is 0 Å². The summed E-state index contributed by atoms with van der Waals surface area (Å²) in [5.74, 6) is -2.37. The molecule has 0 saturated carbocycles. The van der Waals surface area contributed by atoms with Crippen molar-refractivity contribution in [2.75, 3.05) is 31.6 Å². The molecule has 0 aliphatic carbocycles. The highest BCUT2D eigenvalue weighted by Crippen LogP contribution is 2.36. The van der Waals surface area contributed by atoms with Gasteiger partial charge in [0.25, 0.3) is 0 Å². The molecule has 0 radical (unpaired) electrons. The number of alkyl halides is 2. The van der Waals surface area contributed by atoms with Gasteiger partial charge in [0.2, 0.25) is 0 Å². The van der Waals surface area contributed by atoms with E-state index in [0.717, 1.165) is 38.1 Å². The van der Waals surface area contributed by atoms with E-state index in [1.807, 2.05) is 0 Å². The fraction of sp³-hybridized carbons (Fsp3) is 0.324. The molecule has 9 nitrogen and oxygen atoms in total. The van der Waals surface area contributed by atoms with Gasteiger partial charge >= 0.3 is 18.7 Å². The van der Waals surface area contributed by atoms with Crippen LogP contribution in [-0.4, -0.2) is 56.4 Å². The Kier molecular flexibility index (Phi) is 10.3. The number of anilines is 1. The van der Waals surface area contributed by atoms with Crippen LogP contribution in [0.1, 0.15) is 50.1 Å². The van der Waals surface area contributed by atoms with Gasteiger partial charge in [-0.1, -0.05) is 53.5 Å². The maximum Gasteiger partial charge on any atom is 0.415 e. The van der Waals surface area contributed by atoms with E-state index in [1.54, 1.807) is 18.2 Å². The summed E-state index contributed by atoms with van der Waals surface area (Å²) >= 11 is 12.8. The number of amides is 1. The number of hydrogen-bond donors (Lipinski definition) is 0. The first-order valence-corrected chi connectivity index (χ1v) is 16.9. The lowest BCUT2D eigenvalue weighted by molar-refractivity contribution is -0.377. The van der Waals surface area contributed by atoms with Crippen molar-refractivity contribution >= 4 is 41.0 Å². The Bertz CT molecular complexity index is 1970. The zero-order valence-electron chi connectivity index (χ0n) is 30.0. The first-order chi connectivity index (χ1) is 25.7. The number of halogens is 5. The van der Waals surface area contributed by atoms with Crippen LogP contribution in [0.15, 0.2) is 79.1 Å². The number of para-hydroxylation sites is 1. The number of hydrogen-bond acceptors (Lipinski definition) is 7.